The number of nitrogens with zero attached hydrogens (tertiary/aromatic N) is 4. The van der Waals surface area contributed by atoms with Crippen LogP contribution in [0.3, 0.4) is 0 Å². The lowest BCUT2D eigenvalue weighted by molar-refractivity contribution is 0.724. The van der Waals surface area contributed by atoms with E-state index in [0.717, 1.165) is 42.2 Å². The zero-order valence-corrected chi connectivity index (χ0v) is 19.1. The van der Waals surface area contributed by atoms with Crippen molar-refractivity contribution in [3.8, 4) is 5.69 Å². The Labute approximate surface area is 179 Å². The molecule has 0 saturated heterocycles. The van der Waals surface area contributed by atoms with Crippen LogP contribution in [0.25, 0.3) is 27.6 Å². The lowest BCUT2D eigenvalue weighted by Crippen LogP contribution is -2.25. The summed E-state index contributed by atoms with van der Waals surface area (Å²) < 4.78 is 2.35. The van der Waals surface area contributed by atoms with Gasteiger partial charge in [-0.2, -0.15) is 0 Å². The first kappa shape index (κ1) is 20.4. The van der Waals surface area contributed by atoms with E-state index in [4.69, 9.17) is 9.97 Å². The third kappa shape index (κ3) is 3.34. The number of hydrogen-bond acceptors (Lipinski definition) is 3. The van der Waals surface area contributed by atoms with Crippen molar-refractivity contribution >= 4 is 27.8 Å². The molecule has 0 radical (unpaired) electrons. The second-order valence-electron chi connectivity index (χ2n) is 8.33. The van der Waals surface area contributed by atoms with Crippen LogP contribution in [0.5, 0.6) is 0 Å². The Balaban J connectivity index is 2.13. The van der Waals surface area contributed by atoms with Gasteiger partial charge in [-0.3, -0.25) is 4.57 Å². The first-order chi connectivity index (χ1) is 14.5. The maximum Gasteiger partial charge on any atom is 0.151 e. The Morgan fingerprint density at radius 2 is 1.63 bits per heavy atom. The summed E-state index contributed by atoms with van der Waals surface area (Å²) in [5.41, 5.74) is 7.25. The van der Waals surface area contributed by atoms with Crippen molar-refractivity contribution in [3.63, 3.8) is 0 Å². The largest absolute Gasteiger partial charge is 0.356 e. The topological polar surface area (TPSA) is 34.0 Å². The molecular weight excluding hydrogens is 368 g/mol. The monoisotopic (exact) mass is 400 g/mol. The van der Waals surface area contributed by atoms with Gasteiger partial charge in [-0.05, 0) is 58.2 Å². The van der Waals surface area contributed by atoms with Crippen LogP contribution in [0, 0.1) is 27.7 Å². The number of aryl methyl sites for hydroxylation is 4. The molecular formula is C26H32N4. The van der Waals surface area contributed by atoms with E-state index in [9.17, 15) is 0 Å². The lowest BCUT2D eigenvalue weighted by Gasteiger charge is -2.23. The van der Waals surface area contributed by atoms with Crippen molar-refractivity contribution in [2.75, 3.05) is 18.0 Å². The zero-order chi connectivity index (χ0) is 21.4. The predicted octanol–water partition coefficient (Wildman–Crippen LogP) is 6.43. The summed E-state index contributed by atoms with van der Waals surface area (Å²) in [7, 11) is 0. The minimum absolute atomic E-state index is 0.818. The van der Waals surface area contributed by atoms with E-state index in [0.29, 0.717) is 0 Å². The Morgan fingerprint density at radius 3 is 2.30 bits per heavy atom. The molecule has 0 aliphatic heterocycles. The summed E-state index contributed by atoms with van der Waals surface area (Å²) in [5.74, 6) is 1.88. The standard InChI is InChI=1S/C26H32N4/c1-7-9-14-29(8-2)25-23-21-12-10-11-13-22(21)30(26(23)28-20(6)27-25)24-18(4)15-17(3)16-19(24)5/h10-13,15-16H,7-9,14H2,1-6H3. The number of unbranched alkanes of at least 4 members (excludes halogenated alkanes) is 1. The van der Waals surface area contributed by atoms with Crippen molar-refractivity contribution in [1.29, 1.82) is 0 Å². The molecule has 0 aliphatic carbocycles. The maximum atomic E-state index is 4.98. The van der Waals surface area contributed by atoms with Gasteiger partial charge in [-0.25, -0.2) is 9.97 Å². The highest BCUT2D eigenvalue weighted by Crippen LogP contribution is 2.38. The van der Waals surface area contributed by atoms with Gasteiger partial charge in [0.1, 0.15) is 11.6 Å². The first-order valence-corrected chi connectivity index (χ1v) is 11.1. The lowest BCUT2D eigenvalue weighted by atomic mass is 10.0. The van der Waals surface area contributed by atoms with Crippen LogP contribution >= 0.6 is 0 Å². The summed E-state index contributed by atoms with van der Waals surface area (Å²) >= 11 is 0. The fourth-order valence-corrected chi connectivity index (χ4v) is 4.68. The van der Waals surface area contributed by atoms with E-state index in [1.54, 1.807) is 0 Å². The van der Waals surface area contributed by atoms with Crippen LogP contribution < -0.4 is 4.90 Å². The van der Waals surface area contributed by atoms with E-state index in [-0.39, 0.29) is 0 Å². The molecule has 0 bridgehead atoms. The van der Waals surface area contributed by atoms with Gasteiger partial charge in [-0.1, -0.05) is 49.2 Å². The predicted molar refractivity (Wildman–Crippen MR) is 128 cm³/mol. The van der Waals surface area contributed by atoms with Gasteiger partial charge in [0.25, 0.3) is 0 Å². The van der Waals surface area contributed by atoms with E-state index in [2.05, 4.69) is 80.5 Å². The second kappa shape index (κ2) is 8.10. The van der Waals surface area contributed by atoms with Crippen molar-refractivity contribution in [2.24, 2.45) is 0 Å². The van der Waals surface area contributed by atoms with Crippen LogP contribution in [-0.2, 0) is 0 Å². The molecule has 4 rings (SSSR count). The second-order valence-corrected chi connectivity index (χ2v) is 8.33. The Morgan fingerprint density at radius 1 is 0.933 bits per heavy atom. The summed E-state index contributed by atoms with van der Waals surface area (Å²) in [6, 6.07) is 13.2. The highest BCUT2D eigenvalue weighted by atomic mass is 15.2. The van der Waals surface area contributed by atoms with Gasteiger partial charge < -0.3 is 4.90 Å². The number of para-hydroxylation sites is 1. The molecule has 0 saturated carbocycles. The number of rotatable bonds is 6. The molecule has 2 aromatic carbocycles. The number of benzene rings is 2. The third-order valence-corrected chi connectivity index (χ3v) is 5.93. The van der Waals surface area contributed by atoms with E-state index < -0.39 is 0 Å². The number of aromatic nitrogens is 3. The summed E-state index contributed by atoms with van der Waals surface area (Å²) in [6.45, 7) is 15.0. The van der Waals surface area contributed by atoms with Crippen molar-refractivity contribution < 1.29 is 0 Å². The molecule has 0 N–H and O–H groups in total. The molecule has 30 heavy (non-hydrogen) atoms. The van der Waals surface area contributed by atoms with E-state index >= 15 is 0 Å². The van der Waals surface area contributed by atoms with Crippen molar-refractivity contribution in [1.82, 2.24) is 14.5 Å². The molecule has 4 aromatic rings. The summed E-state index contributed by atoms with van der Waals surface area (Å²) in [6.07, 6.45) is 2.33. The highest BCUT2D eigenvalue weighted by Gasteiger charge is 2.22. The van der Waals surface area contributed by atoms with E-state index in [1.165, 1.54) is 39.7 Å². The van der Waals surface area contributed by atoms with Gasteiger partial charge in [-0.15, -0.1) is 0 Å². The molecule has 0 unspecified atom stereocenters. The Hall–Kier alpha value is -2.88. The maximum absolute atomic E-state index is 4.98. The number of anilines is 1. The molecule has 4 nitrogen and oxygen atoms in total. The zero-order valence-electron chi connectivity index (χ0n) is 19.1. The van der Waals surface area contributed by atoms with Gasteiger partial charge in [0.2, 0.25) is 0 Å². The summed E-state index contributed by atoms with van der Waals surface area (Å²) in [5, 5.41) is 2.38. The molecule has 156 valence electrons. The average molecular weight is 401 g/mol. The molecule has 2 heterocycles. The van der Waals surface area contributed by atoms with Gasteiger partial charge in [0.05, 0.1) is 16.6 Å². The van der Waals surface area contributed by atoms with E-state index in [1.807, 2.05) is 6.92 Å². The van der Waals surface area contributed by atoms with Gasteiger partial charge in [0.15, 0.2) is 5.65 Å². The fraction of sp³-hybridized carbons (Fsp3) is 0.385. The van der Waals surface area contributed by atoms with Crippen LogP contribution in [0.1, 0.15) is 49.2 Å². The quantitative estimate of drug-likeness (QED) is 0.374. The first-order valence-electron chi connectivity index (χ1n) is 11.1. The molecule has 4 heteroatoms. The minimum Gasteiger partial charge on any atom is -0.356 e. The molecule has 0 aliphatic rings. The number of hydrogen-bond donors (Lipinski definition) is 0. The SMILES string of the molecule is CCCCN(CC)c1nc(C)nc2c1c1ccccc1n2-c1c(C)cc(C)cc1C. The Kier molecular flexibility index (Phi) is 5.50. The van der Waals surface area contributed by atoms with Gasteiger partial charge in [0, 0.05) is 18.5 Å². The minimum atomic E-state index is 0.818. The van der Waals surface area contributed by atoms with Crippen molar-refractivity contribution in [2.45, 2.75) is 54.4 Å². The van der Waals surface area contributed by atoms with Gasteiger partial charge >= 0.3 is 0 Å². The molecule has 0 atom stereocenters. The Bertz CT molecular complexity index is 1200. The van der Waals surface area contributed by atoms with Crippen LogP contribution in [0.2, 0.25) is 0 Å². The van der Waals surface area contributed by atoms with Crippen LogP contribution in [0.4, 0.5) is 5.82 Å². The van der Waals surface area contributed by atoms with Crippen molar-refractivity contribution in [3.05, 3.63) is 58.9 Å². The number of fused-ring (bicyclic) bond motifs is 3. The third-order valence-electron chi connectivity index (χ3n) is 5.93. The smallest absolute Gasteiger partial charge is 0.151 e. The molecule has 2 aromatic heterocycles. The molecule has 0 fully saturated rings. The fourth-order valence-electron chi connectivity index (χ4n) is 4.68. The van der Waals surface area contributed by atoms with Crippen LogP contribution in [-0.4, -0.2) is 27.6 Å². The highest BCUT2D eigenvalue weighted by molar-refractivity contribution is 6.13. The van der Waals surface area contributed by atoms with Crippen LogP contribution in [0.15, 0.2) is 36.4 Å². The average Bonchev–Trinajstić information content (AvgIpc) is 3.02. The summed E-state index contributed by atoms with van der Waals surface area (Å²) in [4.78, 5) is 12.3. The normalized spacial score (nSPS) is 11.5. The molecule has 0 spiro atoms. The molecule has 0 amide bonds.